The molecule has 0 aliphatic rings. The SMILES string of the molecule is CCn1nnc(-c2ccc(C(C)(c3ccc(OCc4nccs4)cc3)C(C)C)cc2)n1. The van der Waals surface area contributed by atoms with Gasteiger partial charge in [0.05, 0.1) is 6.54 Å². The van der Waals surface area contributed by atoms with E-state index in [9.17, 15) is 0 Å². The maximum atomic E-state index is 5.89. The van der Waals surface area contributed by atoms with Crippen LogP contribution in [0.1, 0.15) is 43.8 Å². The van der Waals surface area contributed by atoms with Crippen LogP contribution < -0.4 is 4.74 Å². The molecule has 0 amide bonds. The van der Waals surface area contributed by atoms with Crippen molar-refractivity contribution in [2.45, 2.75) is 46.3 Å². The second-order valence-electron chi connectivity index (χ2n) is 7.97. The van der Waals surface area contributed by atoms with Crippen molar-refractivity contribution < 1.29 is 4.74 Å². The van der Waals surface area contributed by atoms with E-state index in [0.717, 1.165) is 16.3 Å². The van der Waals surface area contributed by atoms with Gasteiger partial charge in [0, 0.05) is 22.6 Å². The Balaban J connectivity index is 1.56. The van der Waals surface area contributed by atoms with Gasteiger partial charge in [-0.1, -0.05) is 57.2 Å². The molecule has 0 N–H and O–H groups in total. The molecule has 160 valence electrons. The number of rotatable bonds is 8. The largest absolute Gasteiger partial charge is 0.486 e. The highest BCUT2D eigenvalue weighted by atomic mass is 32.1. The van der Waals surface area contributed by atoms with Crippen LogP contribution in [0.25, 0.3) is 11.4 Å². The summed E-state index contributed by atoms with van der Waals surface area (Å²) < 4.78 is 5.89. The third kappa shape index (κ3) is 4.37. The molecule has 0 bridgehead atoms. The minimum atomic E-state index is -0.138. The maximum absolute atomic E-state index is 5.89. The van der Waals surface area contributed by atoms with Crippen LogP contribution in [-0.2, 0) is 18.6 Å². The van der Waals surface area contributed by atoms with Gasteiger partial charge in [0.25, 0.3) is 0 Å². The lowest BCUT2D eigenvalue weighted by atomic mass is 9.68. The minimum Gasteiger partial charge on any atom is -0.486 e. The Hall–Kier alpha value is -3.06. The van der Waals surface area contributed by atoms with Crippen molar-refractivity contribution >= 4 is 11.3 Å². The topological polar surface area (TPSA) is 65.7 Å². The average molecular weight is 434 g/mol. The summed E-state index contributed by atoms with van der Waals surface area (Å²) in [5.74, 6) is 1.91. The molecule has 0 aliphatic carbocycles. The summed E-state index contributed by atoms with van der Waals surface area (Å²) in [5, 5.41) is 15.6. The first-order valence-electron chi connectivity index (χ1n) is 10.5. The molecule has 31 heavy (non-hydrogen) atoms. The van der Waals surface area contributed by atoms with Gasteiger partial charge in [0.15, 0.2) is 0 Å². The first-order chi connectivity index (χ1) is 15.0. The molecule has 0 spiro atoms. The number of hydrogen-bond acceptors (Lipinski definition) is 6. The summed E-state index contributed by atoms with van der Waals surface area (Å²) in [4.78, 5) is 5.86. The molecule has 0 radical (unpaired) electrons. The third-order valence-corrected chi connectivity index (χ3v) is 6.69. The van der Waals surface area contributed by atoms with Crippen molar-refractivity contribution in [2.24, 2.45) is 5.92 Å². The first kappa shape index (κ1) is 21.2. The van der Waals surface area contributed by atoms with E-state index in [1.807, 2.05) is 24.4 Å². The van der Waals surface area contributed by atoms with E-state index in [1.165, 1.54) is 11.1 Å². The molecule has 4 rings (SSSR count). The van der Waals surface area contributed by atoms with Crippen molar-refractivity contribution in [3.63, 3.8) is 0 Å². The fraction of sp³-hybridized carbons (Fsp3) is 0.333. The smallest absolute Gasteiger partial charge is 0.204 e. The first-order valence-corrected chi connectivity index (χ1v) is 11.4. The van der Waals surface area contributed by atoms with Crippen LogP contribution in [0, 0.1) is 5.92 Å². The van der Waals surface area contributed by atoms with Crippen molar-refractivity contribution in [1.82, 2.24) is 25.2 Å². The lowest BCUT2D eigenvalue weighted by Crippen LogP contribution is -2.30. The van der Waals surface area contributed by atoms with Crippen LogP contribution in [0.3, 0.4) is 0 Å². The predicted molar refractivity (Wildman–Crippen MR) is 123 cm³/mol. The zero-order valence-corrected chi connectivity index (χ0v) is 19.1. The van der Waals surface area contributed by atoms with Crippen molar-refractivity contribution in [3.8, 4) is 17.1 Å². The van der Waals surface area contributed by atoms with Crippen molar-refractivity contribution in [1.29, 1.82) is 0 Å². The number of hydrogen-bond donors (Lipinski definition) is 0. The summed E-state index contributed by atoms with van der Waals surface area (Å²) in [6, 6.07) is 16.9. The summed E-state index contributed by atoms with van der Waals surface area (Å²) in [6.45, 7) is 10.0. The van der Waals surface area contributed by atoms with Crippen LogP contribution in [0.4, 0.5) is 0 Å². The zero-order valence-electron chi connectivity index (χ0n) is 18.3. The number of nitrogens with zero attached hydrogens (tertiary/aromatic N) is 5. The molecule has 0 aliphatic heterocycles. The molecule has 6 nitrogen and oxygen atoms in total. The average Bonchev–Trinajstić information content (AvgIpc) is 3.49. The van der Waals surface area contributed by atoms with E-state index in [4.69, 9.17) is 4.74 Å². The van der Waals surface area contributed by atoms with Gasteiger partial charge in [0.1, 0.15) is 17.4 Å². The van der Waals surface area contributed by atoms with Gasteiger partial charge in [-0.05, 0) is 41.3 Å². The zero-order chi connectivity index (χ0) is 21.8. The maximum Gasteiger partial charge on any atom is 0.204 e. The van der Waals surface area contributed by atoms with Gasteiger partial charge >= 0.3 is 0 Å². The Morgan fingerprint density at radius 2 is 1.71 bits per heavy atom. The number of ether oxygens (including phenoxy) is 1. The van der Waals surface area contributed by atoms with E-state index >= 15 is 0 Å². The number of benzene rings is 2. The van der Waals surface area contributed by atoms with Gasteiger partial charge in [-0.15, -0.1) is 21.5 Å². The van der Waals surface area contributed by atoms with Crippen LogP contribution in [0.5, 0.6) is 5.75 Å². The highest BCUT2D eigenvalue weighted by Gasteiger charge is 2.32. The fourth-order valence-electron chi connectivity index (χ4n) is 3.66. The normalized spacial score (nSPS) is 13.3. The van der Waals surface area contributed by atoms with Gasteiger partial charge in [-0.25, -0.2) is 4.98 Å². The lowest BCUT2D eigenvalue weighted by molar-refractivity contribution is 0.305. The van der Waals surface area contributed by atoms with E-state index < -0.39 is 0 Å². The molecule has 0 fully saturated rings. The Bertz CT molecular complexity index is 1100. The fourth-order valence-corrected chi connectivity index (χ4v) is 4.19. The lowest BCUT2D eigenvalue weighted by Gasteiger charge is -2.35. The highest BCUT2D eigenvalue weighted by molar-refractivity contribution is 7.09. The van der Waals surface area contributed by atoms with Gasteiger partial charge in [0.2, 0.25) is 5.82 Å². The van der Waals surface area contributed by atoms with Crippen LogP contribution in [0.15, 0.2) is 60.1 Å². The van der Waals surface area contributed by atoms with E-state index in [1.54, 1.807) is 22.3 Å². The highest BCUT2D eigenvalue weighted by Crippen LogP contribution is 2.40. The number of tetrazole rings is 1. The molecule has 4 aromatic rings. The molecule has 0 saturated heterocycles. The van der Waals surface area contributed by atoms with Crippen LogP contribution in [-0.4, -0.2) is 25.2 Å². The summed E-state index contributed by atoms with van der Waals surface area (Å²) >= 11 is 1.60. The molecule has 0 saturated carbocycles. The van der Waals surface area contributed by atoms with Crippen molar-refractivity contribution in [2.75, 3.05) is 0 Å². The molecule has 2 aromatic carbocycles. The minimum absolute atomic E-state index is 0.138. The Morgan fingerprint density at radius 3 is 2.26 bits per heavy atom. The van der Waals surface area contributed by atoms with Gasteiger partial charge in [-0.3, -0.25) is 0 Å². The number of thiazole rings is 1. The third-order valence-electron chi connectivity index (χ3n) is 5.93. The molecule has 1 unspecified atom stereocenters. The predicted octanol–water partition coefficient (Wildman–Crippen LogP) is 5.36. The molecule has 7 heteroatoms. The van der Waals surface area contributed by atoms with E-state index in [0.29, 0.717) is 24.9 Å². The molecule has 1 atom stereocenters. The molecular formula is C24H27N5OS. The standard InChI is InChI=1S/C24H27N5OS/c1-5-29-27-23(26-28-29)18-6-8-19(9-7-18)24(4,17(2)3)20-10-12-21(13-11-20)30-16-22-25-14-15-31-22/h6-15,17H,5,16H2,1-4H3. The van der Waals surface area contributed by atoms with E-state index in [2.05, 4.69) is 77.6 Å². The van der Waals surface area contributed by atoms with Gasteiger partial charge < -0.3 is 4.74 Å². The monoisotopic (exact) mass is 433 g/mol. The van der Waals surface area contributed by atoms with Gasteiger partial charge in [-0.2, -0.15) is 4.80 Å². The Kier molecular flexibility index (Phi) is 6.13. The summed E-state index contributed by atoms with van der Waals surface area (Å²) in [5.41, 5.74) is 3.35. The molecular weight excluding hydrogens is 406 g/mol. The Morgan fingerprint density at radius 1 is 1.03 bits per heavy atom. The van der Waals surface area contributed by atoms with E-state index in [-0.39, 0.29) is 5.41 Å². The summed E-state index contributed by atoms with van der Waals surface area (Å²) in [6.07, 6.45) is 1.80. The van der Waals surface area contributed by atoms with Crippen molar-refractivity contribution in [3.05, 3.63) is 76.2 Å². The second-order valence-corrected chi connectivity index (χ2v) is 8.95. The number of aromatic nitrogens is 5. The van der Waals surface area contributed by atoms with Crippen LogP contribution >= 0.6 is 11.3 Å². The quantitative estimate of drug-likeness (QED) is 0.374. The summed E-state index contributed by atoms with van der Waals surface area (Å²) in [7, 11) is 0. The Labute approximate surface area is 186 Å². The molecule has 2 heterocycles. The molecule has 2 aromatic heterocycles. The van der Waals surface area contributed by atoms with Crippen LogP contribution in [0.2, 0.25) is 0 Å². The number of aryl methyl sites for hydroxylation is 1. The second kappa shape index (κ2) is 8.98.